The number of rotatable bonds is 1. The molecule has 0 saturated heterocycles. The van der Waals surface area contributed by atoms with E-state index in [1.54, 1.807) is 0 Å². The molecule has 0 aliphatic heterocycles. The van der Waals surface area contributed by atoms with E-state index in [1.165, 1.54) is 32.9 Å². The second-order valence-electron chi connectivity index (χ2n) is 4.99. The van der Waals surface area contributed by atoms with Gasteiger partial charge in [-0.15, -0.1) is 0 Å². The summed E-state index contributed by atoms with van der Waals surface area (Å²) in [4.78, 5) is 0. The van der Waals surface area contributed by atoms with Gasteiger partial charge >= 0.3 is 16.5 Å². The van der Waals surface area contributed by atoms with Gasteiger partial charge in [-0.25, -0.2) is 0 Å². The van der Waals surface area contributed by atoms with Crippen LogP contribution in [0.15, 0.2) is 72.8 Å². The summed E-state index contributed by atoms with van der Waals surface area (Å²) in [5.74, 6) is 0. The van der Waals surface area contributed by atoms with Gasteiger partial charge in [0.25, 0.3) is 0 Å². The first-order valence-electron chi connectivity index (χ1n) is 6.68. The molecule has 92 valence electrons. The summed E-state index contributed by atoms with van der Waals surface area (Å²) >= 11 is 2.82. The molecule has 2 radical (unpaired) electrons. The second kappa shape index (κ2) is 4.52. The normalized spacial score (nSPS) is 11.2. The summed E-state index contributed by atoms with van der Waals surface area (Å²) < 4.78 is 2.19. The Morgan fingerprint density at radius 3 is 2.15 bits per heavy atom. The van der Waals surface area contributed by atoms with Gasteiger partial charge in [-0.05, 0) is 23.3 Å². The first kappa shape index (κ1) is 11.8. The van der Waals surface area contributed by atoms with Crippen LogP contribution in [0.25, 0.3) is 32.9 Å². The zero-order chi connectivity index (χ0) is 13.5. The van der Waals surface area contributed by atoms with E-state index in [4.69, 9.17) is 0 Å². The van der Waals surface area contributed by atoms with Crippen LogP contribution in [0.5, 0.6) is 0 Å². The molecule has 4 aromatic rings. The summed E-state index contributed by atoms with van der Waals surface area (Å²) in [6.07, 6.45) is 0. The highest BCUT2D eigenvalue weighted by atomic mass is 27.1. The van der Waals surface area contributed by atoms with E-state index < -0.39 is 0 Å². The van der Waals surface area contributed by atoms with Gasteiger partial charge < -0.3 is 3.55 Å². The minimum absolute atomic E-state index is 1.25. The minimum atomic E-state index is 1.25. The number of benzene rings is 3. The first-order valence-corrected chi connectivity index (χ1v) is 7.20. The highest BCUT2D eigenvalue weighted by Gasteiger charge is 2.07. The summed E-state index contributed by atoms with van der Waals surface area (Å²) in [6, 6.07) is 25.7. The number of para-hydroxylation sites is 1. The molecule has 1 nitrogen and oxygen atoms in total. The summed E-state index contributed by atoms with van der Waals surface area (Å²) in [6.45, 7) is 0. The van der Waals surface area contributed by atoms with Crippen LogP contribution in [0, 0.1) is 0 Å². The summed E-state index contributed by atoms with van der Waals surface area (Å²) in [7, 11) is 0. The van der Waals surface area contributed by atoms with E-state index >= 15 is 0 Å². The highest BCUT2D eigenvalue weighted by molar-refractivity contribution is 6.22. The van der Waals surface area contributed by atoms with Crippen molar-refractivity contribution in [2.75, 3.05) is 0 Å². The molecule has 1 aromatic heterocycles. The van der Waals surface area contributed by atoms with Gasteiger partial charge in [0.2, 0.25) is 0 Å². The molecule has 0 bridgehead atoms. The molecule has 0 unspecified atom stereocenters. The Balaban J connectivity index is 2.05. The third-order valence-corrected chi connectivity index (χ3v) is 4.37. The van der Waals surface area contributed by atoms with Gasteiger partial charge in [0.15, 0.2) is 0 Å². The monoisotopic (exact) mass is 269 g/mol. The summed E-state index contributed by atoms with van der Waals surface area (Å²) in [5, 5.41) is 2.60. The van der Waals surface area contributed by atoms with Crippen molar-refractivity contribution in [3.63, 3.8) is 0 Å². The van der Waals surface area contributed by atoms with Crippen molar-refractivity contribution in [1.29, 1.82) is 0 Å². The topological polar surface area (TPSA) is 4.93 Å². The van der Waals surface area contributed by atoms with Crippen molar-refractivity contribution >= 4 is 38.3 Å². The van der Waals surface area contributed by atoms with Gasteiger partial charge in [-0.1, -0.05) is 60.7 Å². The average molecular weight is 269 g/mol. The van der Waals surface area contributed by atoms with Crippen LogP contribution in [0.2, 0.25) is 0 Å². The predicted octanol–water partition coefficient (Wildman–Crippen LogP) is 4.39. The Morgan fingerprint density at radius 1 is 0.600 bits per heavy atom. The molecule has 1 heterocycles. The molecule has 0 spiro atoms. The number of aromatic nitrogens is 1. The van der Waals surface area contributed by atoms with Crippen LogP contribution in [-0.4, -0.2) is 20.1 Å². The zero-order valence-corrected chi connectivity index (χ0v) is 12.1. The largest absolute Gasteiger partial charge is 0.452 e. The molecule has 0 amide bonds. The van der Waals surface area contributed by atoms with Crippen molar-refractivity contribution in [1.82, 2.24) is 3.55 Å². The van der Waals surface area contributed by atoms with Gasteiger partial charge in [-0.3, -0.25) is 0 Å². The second-order valence-corrected chi connectivity index (χ2v) is 5.50. The van der Waals surface area contributed by atoms with E-state index in [1.807, 2.05) is 0 Å². The molecular formula is C18H12AlN. The first-order chi connectivity index (χ1) is 9.84. The van der Waals surface area contributed by atoms with Crippen molar-refractivity contribution in [3.8, 4) is 11.1 Å². The van der Waals surface area contributed by atoms with Gasteiger partial charge in [0, 0.05) is 21.8 Å². The Hall–Kier alpha value is -2.01. The van der Waals surface area contributed by atoms with Crippen LogP contribution in [-0.2, 0) is 0 Å². The zero-order valence-electron chi connectivity index (χ0n) is 11.0. The molecule has 0 saturated carbocycles. The molecule has 2 heteroatoms. The number of hydrogen-bond donors (Lipinski definition) is 0. The predicted molar refractivity (Wildman–Crippen MR) is 86.0 cm³/mol. The molecule has 0 N–H and O–H groups in total. The molecule has 4 rings (SSSR count). The number of fused-ring (bicyclic) bond motifs is 3. The van der Waals surface area contributed by atoms with Crippen molar-refractivity contribution in [3.05, 3.63) is 72.8 Å². The molecule has 0 aliphatic rings. The van der Waals surface area contributed by atoms with E-state index in [-0.39, 0.29) is 0 Å². The Labute approximate surface area is 126 Å². The molecule has 0 atom stereocenters. The third-order valence-electron chi connectivity index (χ3n) is 3.82. The van der Waals surface area contributed by atoms with Gasteiger partial charge in [0.1, 0.15) is 0 Å². The Morgan fingerprint density at radius 2 is 1.30 bits per heavy atom. The SMILES string of the molecule is [Al][n]1c2ccccc2c2ccc(-c3ccccc3)cc21. The summed E-state index contributed by atoms with van der Waals surface area (Å²) in [5.41, 5.74) is 5.00. The lowest BCUT2D eigenvalue weighted by atomic mass is 10.0. The molecule has 20 heavy (non-hydrogen) atoms. The van der Waals surface area contributed by atoms with E-state index in [9.17, 15) is 0 Å². The highest BCUT2D eigenvalue weighted by Crippen LogP contribution is 2.31. The fraction of sp³-hybridized carbons (Fsp3) is 0. The van der Waals surface area contributed by atoms with E-state index in [0.717, 1.165) is 0 Å². The van der Waals surface area contributed by atoms with Crippen LogP contribution >= 0.6 is 0 Å². The molecular weight excluding hydrogens is 257 g/mol. The quantitative estimate of drug-likeness (QED) is 0.451. The Kier molecular flexibility index (Phi) is 2.67. The average Bonchev–Trinajstić information content (AvgIpc) is 2.81. The minimum Gasteiger partial charge on any atom is -0.452 e. The lowest BCUT2D eigenvalue weighted by Crippen LogP contribution is -1.90. The number of nitrogens with zero attached hydrogens (tertiary/aromatic N) is 1. The lowest BCUT2D eigenvalue weighted by molar-refractivity contribution is 1.39. The van der Waals surface area contributed by atoms with Crippen LogP contribution in [0.1, 0.15) is 0 Å². The maximum absolute atomic E-state index is 2.82. The molecule has 3 aromatic carbocycles. The molecule has 0 fully saturated rings. The fourth-order valence-electron chi connectivity index (χ4n) is 2.81. The lowest BCUT2D eigenvalue weighted by Gasteiger charge is -2.04. The smallest absolute Gasteiger partial charge is 0.318 e. The van der Waals surface area contributed by atoms with Gasteiger partial charge in [0.05, 0.1) is 0 Å². The van der Waals surface area contributed by atoms with Crippen molar-refractivity contribution in [2.45, 2.75) is 0 Å². The van der Waals surface area contributed by atoms with Crippen LogP contribution in [0.3, 0.4) is 0 Å². The van der Waals surface area contributed by atoms with Crippen molar-refractivity contribution < 1.29 is 0 Å². The van der Waals surface area contributed by atoms with Crippen LogP contribution in [0.4, 0.5) is 0 Å². The van der Waals surface area contributed by atoms with E-state index in [0.29, 0.717) is 0 Å². The molecule has 0 aliphatic carbocycles. The van der Waals surface area contributed by atoms with Crippen molar-refractivity contribution in [2.24, 2.45) is 0 Å². The van der Waals surface area contributed by atoms with Gasteiger partial charge in [-0.2, -0.15) is 0 Å². The maximum atomic E-state index is 2.82. The third kappa shape index (κ3) is 1.70. The number of hydrogen-bond acceptors (Lipinski definition) is 0. The standard InChI is InChI=1S/C18H12N.Al/c1-2-6-13(7-3-1)14-10-11-16-15-8-4-5-9-17(15)19-18(16)12-14;/h1-12H;/q-1;+1. The fourth-order valence-corrected chi connectivity index (χ4v) is 3.25. The van der Waals surface area contributed by atoms with Crippen LogP contribution < -0.4 is 0 Å². The Bertz CT molecular complexity index is 907. The van der Waals surface area contributed by atoms with E-state index in [2.05, 4.69) is 92.9 Å². The maximum Gasteiger partial charge on any atom is 0.318 e.